The van der Waals surface area contributed by atoms with E-state index in [1.807, 2.05) is 13.8 Å². The van der Waals surface area contributed by atoms with Gasteiger partial charge in [0, 0.05) is 19.3 Å². The van der Waals surface area contributed by atoms with Gasteiger partial charge in [-0.1, -0.05) is 5.16 Å². The molecule has 2 rings (SSSR count). The SMILES string of the molecule is Cc1n[nH]c(C)c1CCCN(C)S(=O)(=O)c1c(C)noc1C. The van der Waals surface area contributed by atoms with Crippen molar-refractivity contribution < 1.29 is 12.9 Å². The van der Waals surface area contributed by atoms with Crippen molar-refractivity contribution in [3.05, 3.63) is 28.4 Å². The van der Waals surface area contributed by atoms with Crippen LogP contribution in [0.25, 0.3) is 0 Å². The maximum absolute atomic E-state index is 12.6. The third kappa shape index (κ3) is 3.07. The largest absolute Gasteiger partial charge is 0.360 e. The van der Waals surface area contributed by atoms with E-state index in [-0.39, 0.29) is 4.90 Å². The average Bonchev–Trinajstić information content (AvgIpc) is 2.94. The van der Waals surface area contributed by atoms with Crippen LogP contribution in [-0.2, 0) is 16.4 Å². The Hall–Kier alpha value is -1.67. The van der Waals surface area contributed by atoms with Crippen molar-refractivity contribution in [2.24, 2.45) is 0 Å². The number of nitrogens with zero attached hydrogens (tertiary/aromatic N) is 3. The smallest absolute Gasteiger partial charge is 0.248 e. The molecule has 122 valence electrons. The van der Waals surface area contributed by atoms with Crippen LogP contribution < -0.4 is 0 Å². The second-order valence-corrected chi connectivity index (χ2v) is 7.48. The Balaban J connectivity index is 2.05. The summed E-state index contributed by atoms with van der Waals surface area (Å²) in [6, 6.07) is 0. The van der Waals surface area contributed by atoms with Gasteiger partial charge in [-0.05, 0) is 46.1 Å². The maximum atomic E-state index is 12.6. The van der Waals surface area contributed by atoms with Crippen LogP contribution in [0.1, 0.15) is 34.8 Å². The van der Waals surface area contributed by atoms with Crippen molar-refractivity contribution in [3.63, 3.8) is 0 Å². The number of hydrogen-bond donors (Lipinski definition) is 1. The van der Waals surface area contributed by atoms with E-state index in [1.165, 1.54) is 4.31 Å². The Morgan fingerprint density at radius 3 is 2.36 bits per heavy atom. The molecule has 2 aromatic rings. The summed E-state index contributed by atoms with van der Waals surface area (Å²) in [6.45, 7) is 7.59. The number of H-pyrrole nitrogens is 1. The highest BCUT2D eigenvalue weighted by molar-refractivity contribution is 7.89. The number of rotatable bonds is 6. The minimum absolute atomic E-state index is 0.172. The topological polar surface area (TPSA) is 92.1 Å². The summed E-state index contributed by atoms with van der Waals surface area (Å²) in [5, 5.41) is 10.8. The lowest BCUT2D eigenvalue weighted by molar-refractivity contribution is 0.389. The van der Waals surface area contributed by atoms with Crippen LogP contribution in [0.3, 0.4) is 0 Å². The quantitative estimate of drug-likeness (QED) is 0.875. The molecule has 1 N–H and O–H groups in total. The summed E-state index contributed by atoms with van der Waals surface area (Å²) < 4.78 is 31.4. The molecule has 0 atom stereocenters. The molecule has 0 aliphatic rings. The van der Waals surface area contributed by atoms with Crippen molar-refractivity contribution in [2.45, 2.75) is 45.4 Å². The Morgan fingerprint density at radius 2 is 1.86 bits per heavy atom. The van der Waals surface area contributed by atoms with E-state index >= 15 is 0 Å². The summed E-state index contributed by atoms with van der Waals surface area (Å²) in [4.78, 5) is 0.172. The van der Waals surface area contributed by atoms with E-state index in [0.717, 1.165) is 29.8 Å². The highest BCUT2D eigenvalue weighted by atomic mass is 32.2. The van der Waals surface area contributed by atoms with Crippen molar-refractivity contribution in [1.82, 2.24) is 19.7 Å². The van der Waals surface area contributed by atoms with E-state index in [1.54, 1.807) is 20.9 Å². The van der Waals surface area contributed by atoms with Crippen LogP contribution in [0.5, 0.6) is 0 Å². The van der Waals surface area contributed by atoms with Gasteiger partial charge in [-0.15, -0.1) is 0 Å². The molecular formula is C14H22N4O3S. The number of aromatic nitrogens is 3. The second-order valence-electron chi connectivity index (χ2n) is 5.50. The van der Waals surface area contributed by atoms with Gasteiger partial charge >= 0.3 is 0 Å². The third-order valence-corrected chi connectivity index (χ3v) is 5.92. The van der Waals surface area contributed by atoms with E-state index in [2.05, 4.69) is 15.4 Å². The summed E-state index contributed by atoms with van der Waals surface area (Å²) >= 11 is 0. The summed E-state index contributed by atoms with van der Waals surface area (Å²) in [5.74, 6) is 0.325. The molecule has 0 fully saturated rings. The Morgan fingerprint density at radius 1 is 1.18 bits per heavy atom. The van der Waals surface area contributed by atoms with Crippen molar-refractivity contribution in [2.75, 3.05) is 13.6 Å². The van der Waals surface area contributed by atoms with E-state index in [0.29, 0.717) is 18.0 Å². The molecule has 0 unspecified atom stereocenters. The van der Waals surface area contributed by atoms with Gasteiger partial charge in [-0.25, -0.2) is 12.7 Å². The molecule has 0 saturated heterocycles. The second kappa shape index (κ2) is 6.21. The first kappa shape index (κ1) is 16.7. The normalized spacial score (nSPS) is 12.3. The minimum Gasteiger partial charge on any atom is -0.360 e. The number of aryl methyl sites for hydroxylation is 4. The van der Waals surface area contributed by atoms with Crippen LogP contribution in [0.15, 0.2) is 9.42 Å². The summed E-state index contributed by atoms with van der Waals surface area (Å²) in [6.07, 6.45) is 1.51. The molecule has 0 amide bonds. The zero-order chi connectivity index (χ0) is 16.5. The molecule has 0 spiro atoms. The highest BCUT2D eigenvalue weighted by Gasteiger charge is 2.28. The predicted octanol–water partition coefficient (Wildman–Crippen LogP) is 1.88. The minimum atomic E-state index is -3.56. The van der Waals surface area contributed by atoms with Crippen LogP contribution >= 0.6 is 0 Å². The molecule has 0 saturated carbocycles. The molecule has 0 radical (unpaired) electrons. The van der Waals surface area contributed by atoms with E-state index < -0.39 is 10.0 Å². The first-order chi connectivity index (χ1) is 10.2. The number of nitrogens with one attached hydrogen (secondary N) is 1. The maximum Gasteiger partial charge on any atom is 0.248 e. The summed E-state index contributed by atoms with van der Waals surface area (Å²) in [5.41, 5.74) is 3.55. The molecule has 8 heteroatoms. The van der Waals surface area contributed by atoms with Gasteiger partial charge in [-0.2, -0.15) is 5.10 Å². The molecule has 7 nitrogen and oxygen atoms in total. The standard InChI is InChI=1S/C14H22N4O3S/c1-9-13(10(2)16-15-9)7-6-8-18(5)22(19,20)14-11(3)17-21-12(14)4/h6-8H2,1-5H3,(H,15,16). The molecule has 0 bridgehead atoms. The number of sulfonamides is 1. The number of aromatic amines is 1. The van der Waals surface area contributed by atoms with E-state index in [4.69, 9.17) is 4.52 Å². The predicted molar refractivity (Wildman–Crippen MR) is 82.2 cm³/mol. The first-order valence-corrected chi connectivity index (χ1v) is 8.58. The van der Waals surface area contributed by atoms with Crippen molar-refractivity contribution >= 4 is 10.0 Å². The van der Waals surface area contributed by atoms with Gasteiger partial charge < -0.3 is 4.52 Å². The fourth-order valence-electron chi connectivity index (χ4n) is 2.54. The zero-order valence-corrected chi connectivity index (χ0v) is 14.4. The number of hydrogen-bond acceptors (Lipinski definition) is 5. The van der Waals surface area contributed by atoms with Gasteiger partial charge in [0.25, 0.3) is 0 Å². The lowest BCUT2D eigenvalue weighted by Gasteiger charge is -2.16. The van der Waals surface area contributed by atoms with Crippen LogP contribution in [0.4, 0.5) is 0 Å². The lowest BCUT2D eigenvalue weighted by atomic mass is 10.1. The fraction of sp³-hybridized carbons (Fsp3) is 0.571. The molecule has 0 aliphatic heterocycles. The van der Waals surface area contributed by atoms with Gasteiger partial charge in [0.2, 0.25) is 10.0 Å². The Kier molecular flexibility index (Phi) is 4.72. The van der Waals surface area contributed by atoms with Crippen LogP contribution in [0.2, 0.25) is 0 Å². The third-order valence-electron chi connectivity index (χ3n) is 3.82. The monoisotopic (exact) mass is 326 g/mol. The van der Waals surface area contributed by atoms with Gasteiger partial charge in [0.05, 0.1) is 5.69 Å². The van der Waals surface area contributed by atoms with Crippen molar-refractivity contribution in [3.8, 4) is 0 Å². The molecule has 0 aromatic carbocycles. The Labute approximate surface area is 130 Å². The molecule has 2 aromatic heterocycles. The first-order valence-electron chi connectivity index (χ1n) is 7.14. The molecule has 22 heavy (non-hydrogen) atoms. The van der Waals surface area contributed by atoms with Crippen LogP contribution in [0, 0.1) is 27.7 Å². The van der Waals surface area contributed by atoms with Gasteiger partial charge in [0.1, 0.15) is 10.6 Å². The lowest BCUT2D eigenvalue weighted by Crippen LogP contribution is -2.29. The average molecular weight is 326 g/mol. The van der Waals surface area contributed by atoms with E-state index in [9.17, 15) is 8.42 Å². The van der Waals surface area contributed by atoms with Crippen molar-refractivity contribution in [1.29, 1.82) is 0 Å². The van der Waals surface area contributed by atoms with Gasteiger partial charge in [0.15, 0.2) is 5.76 Å². The van der Waals surface area contributed by atoms with Crippen LogP contribution in [-0.4, -0.2) is 41.7 Å². The zero-order valence-electron chi connectivity index (χ0n) is 13.6. The highest BCUT2D eigenvalue weighted by Crippen LogP contribution is 2.22. The summed E-state index contributed by atoms with van der Waals surface area (Å²) in [7, 11) is -1.98. The fourth-order valence-corrected chi connectivity index (χ4v) is 4.03. The Bertz CT molecular complexity index is 722. The molecule has 2 heterocycles. The molecule has 0 aliphatic carbocycles. The molecular weight excluding hydrogens is 304 g/mol. The van der Waals surface area contributed by atoms with Gasteiger partial charge in [-0.3, -0.25) is 5.10 Å².